The average molecular weight is 344 g/mol. The number of carbonyl (C=O) groups is 1. The molecule has 1 N–H and O–H groups in total. The van der Waals surface area contributed by atoms with Crippen LogP contribution in [-0.2, 0) is 16.0 Å². The van der Waals surface area contributed by atoms with Crippen LogP contribution in [0.25, 0.3) is 10.8 Å². The first kappa shape index (κ1) is 16.1. The highest BCUT2D eigenvalue weighted by atomic mass is 32.1. The molecule has 2 aromatic heterocycles. The first-order valence-electron chi connectivity index (χ1n) is 7.45. The van der Waals surface area contributed by atoms with Crippen LogP contribution in [0.15, 0.2) is 42.0 Å². The molecule has 24 heavy (non-hydrogen) atoms. The standard InChI is InChI=1S/C16H16N4O3S/c21-14(23-8-4-7-22-13-5-2-1-3-6-13)9-12-10-24-16(19-12)15-17-11-18-20-15/h1-3,5-6,10-11H,4,7-9H2,(H,17,18,20). The number of ether oxygens (including phenoxy) is 2. The number of H-pyrrole nitrogens is 1. The van der Waals surface area contributed by atoms with Crippen molar-refractivity contribution in [3.8, 4) is 16.6 Å². The van der Waals surface area contributed by atoms with Crippen molar-refractivity contribution in [1.29, 1.82) is 0 Å². The molecule has 0 radical (unpaired) electrons. The van der Waals surface area contributed by atoms with Crippen molar-refractivity contribution in [2.45, 2.75) is 12.8 Å². The summed E-state index contributed by atoms with van der Waals surface area (Å²) in [5, 5.41) is 9.03. The highest BCUT2D eigenvalue weighted by Gasteiger charge is 2.11. The summed E-state index contributed by atoms with van der Waals surface area (Å²) in [4.78, 5) is 20.2. The van der Waals surface area contributed by atoms with Crippen LogP contribution in [0.3, 0.4) is 0 Å². The lowest BCUT2D eigenvalue weighted by molar-refractivity contribution is -0.143. The Hall–Kier alpha value is -2.74. The average Bonchev–Trinajstić information content (AvgIpc) is 3.27. The van der Waals surface area contributed by atoms with Gasteiger partial charge in [-0.25, -0.2) is 9.97 Å². The molecular formula is C16H16N4O3S. The van der Waals surface area contributed by atoms with E-state index in [4.69, 9.17) is 9.47 Å². The number of carbonyl (C=O) groups excluding carboxylic acids is 1. The Balaban J connectivity index is 1.35. The minimum Gasteiger partial charge on any atom is -0.493 e. The summed E-state index contributed by atoms with van der Waals surface area (Å²) in [6.07, 6.45) is 2.20. The van der Waals surface area contributed by atoms with E-state index in [1.54, 1.807) is 0 Å². The third kappa shape index (κ3) is 4.63. The summed E-state index contributed by atoms with van der Waals surface area (Å²) >= 11 is 1.41. The van der Waals surface area contributed by atoms with E-state index in [0.29, 0.717) is 36.2 Å². The molecule has 0 bridgehead atoms. The number of nitrogens with zero attached hydrogens (tertiary/aromatic N) is 3. The molecule has 0 atom stereocenters. The Kier molecular flexibility index (Phi) is 5.52. The van der Waals surface area contributed by atoms with E-state index in [1.165, 1.54) is 17.7 Å². The van der Waals surface area contributed by atoms with Crippen LogP contribution < -0.4 is 4.74 Å². The molecule has 0 saturated carbocycles. The Morgan fingerprint density at radius 1 is 1.21 bits per heavy atom. The van der Waals surface area contributed by atoms with Gasteiger partial charge in [0.1, 0.15) is 12.1 Å². The summed E-state index contributed by atoms with van der Waals surface area (Å²) in [6.45, 7) is 0.828. The van der Waals surface area contributed by atoms with E-state index in [-0.39, 0.29) is 12.4 Å². The molecule has 3 aromatic rings. The molecule has 0 unspecified atom stereocenters. The molecule has 0 aliphatic rings. The molecule has 124 valence electrons. The van der Waals surface area contributed by atoms with Crippen molar-refractivity contribution in [2.75, 3.05) is 13.2 Å². The molecule has 0 saturated heterocycles. The van der Waals surface area contributed by atoms with Gasteiger partial charge in [0.05, 0.1) is 25.3 Å². The topological polar surface area (TPSA) is 90.0 Å². The van der Waals surface area contributed by atoms with Gasteiger partial charge in [0.25, 0.3) is 0 Å². The van der Waals surface area contributed by atoms with E-state index in [9.17, 15) is 4.79 Å². The number of esters is 1. The second-order valence-electron chi connectivity index (χ2n) is 4.89. The Morgan fingerprint density at radius 3 is 2.88 bits per heavy atom. The molecule has 0 spiro atoms. The van der Waals surface area contributed by atoms with Gasteiger partial charge in [-0.3, -0.25) is 9.89 Å². The number of aromatic nitrogens is 4. The zero-order valence-corrected chi connectivity index (χ0v) is 13.7. The molecule has 2 heterocycles. The van der Waals surface area contributed by atoms with Crippen molar-refractivity contribution in [3.05, 3.63) is 47.7 Å². The number of hydrogen-bond donors (Lipinski definition) is 1. The van der Waals surface area contributed by atoms with Gasteiger partial charge in [-0.15, -0.1) is 11.3 Å². The predicted molar refractivity (Wildman–Crippen MR) is 88.7 cm³/mol. The van der Waals surface area contributed by atoms with Crippen LogP contribution >= 0.6 is 11.3 Å². The van der Waals surface area contributed by atoms with Crippen molar-refractivity contribution >= 4 is 17.3 Å². The summed E-state index contributed by atoms with van der Waals surface area (Å²) in [5.74, 6) is 1.10. The number of hydrogen-bond acceptors (Lipinski definition) is 7. The smallest absolute Gasteiger partial charge is 0.311 e. The van der Waals surface area contributed by atoms with Crippen molar-refractivity contribution < 1.29 is 14.3 Å². The Morgan fingerprint density at radius 2 is 2.08 bits per heavy atom. The maximum atomic E-state index is 11.8. The summed E-state index contributed by atoms with van der Waals surface area (Å²) in [5.41, 5.74) is 0.664. The summed E-state index contributed by atoms with van der Waals surface area (Å²) in [6, 6.07) is 9.54. The van der Waals surface area contributed by atoms with Gasteiger partial charge >= 0.3 is 5.97 Å². The third-order valence-electron chi connectivity index (χ3n) is 3.06. The molecule has 0 amide bonds. The predicted octanol–water partition coefficient (Wildman–Crippen LogP) is 2.48. The second-order valence-corrected chi connectivity index (χ2v) is 5.75. The lowest BCUT2D eigenvalue weighted by Crippen LogP contribution is -2.11. The highest BCUT2D eigenvalue weighted by molar-refractivity contribution is 7.13. The van der Waals surface area contributed by atoms with Gasteiger partial charge in [-0.05, 0) is 12.1 Å². The number of benzene rings is 1. The van der Waals surface area contributed by atoms with Crippen LogP contribution in [0.2, 0.25) is 0 Å². The van der Waals surface area contributed by atoms with E-state index in [0.717, 1.165) is 5.75 Å². The van der Waals surface area contributed by atoms with Gasteiger partial charge in [0.15, 0.2) is 10.8 Å². The minimum absolute atomic E-state index is 0.143. The van der Waals surface area contributed by atoms with Gasteiger partial charge in [-0.2, -0.15) is 5.10 Å². The minimum atomic E-state index is -0.302. The Labute approximate surface area is 142 Å². The number of thiazole rings is 1. The first-order valence-corrected chi connectivity index (χ1v) is 8.33. The fraction of sp³-hybridized carbons (Fsp3) is 0.250. The lowest BCUT2D eigenvalue weighted by Gasteiger charge is -2.06. The lowest BCUT2D eigenvalue weighted by atomic mass is 10.3. The number of aromatic amines is 1. The summed E-state index contributed by atoms with van der Waals surface area (Å²) < 4.78 is 10.7. The fourth-order valence-corrected chi connectivity index (χ4v) is 2.72. The quantitative estimate of drug-likeness (QED) is 0.499. The molecule has 0 aliphatic heterocycles. The normalized spacial score (nSPS) is 10.5. The number of para-hydroxylation sites is 1. The van der Waals surface area contributed by atoms with Crippen LogP contribution in [-0.4, -0.2) is 39.3 Å². The van der Waals surface area contributed by atoms with Crippen molar-refractivity contribution in [1.82, 2.24) is 20.2 Å². The SMILES string of the molecule is O=C(Cc1csc(-c2ncn[nH]2)n1)OCCCOc1ccccc1. The number of rotatable bonds is 8. The van der Waals surface area contributed by atoms with Crippen molar-refractivity contribution in [3.63, 3.8) is 0 Å². The summed E-state index contributed by atoms with van der Waals surface area (Å²) in [7, 11) is 0. The maximum Gasteiger partial charge on any atom is 0.311 e. The van der Waals surface area contributed by atoms with Gasteiger partial charge in [0.2, 0.25) is 0 Å². The van der Waals surface area contributed by atoms with Crippen LogP contribution in [0.4, 0.5) is 0 Å². The van der Waals surface area contributed by atoms with Gasteiger partial charge in [-0.1, -0.05) is 18.2 Å². The van der Waals surface area contributed by atoms with E-state index in [1.807, 2.05) is 35.7 Å². The van der Waals surface area contributed by atoms with Crippen LogP contribution in [0.1, 0.15) is 12.1 Å². The maximum absolute atomic E-state index is 11.8. The molecular weight excluding hydrogens is 328 g/mol. The largest absolute Gasteiger partial charge is 0.493 e. The molecule has 0 fully saturated rings. The molecule has 7 nitrogen and oxygen atoms in total. The molecule has 3 rings (SSSR count). The first-order chi connectivity index (χ1) is 11.8. The molecule has 8 heteroatoms. The zero-order chi connectivity index (χ0) is 16.6. The molecule has 1 aromatic carbocycles. The van der Waals surface area contributed by atoms with E-state index in [2.05, 4.69) is 20.2 Å². The monoisotopic (exact) mass is 344 g/mol. The Bertz CT molecular complexity index is 759. The van der Waals surface area contributed by atoms with Crippen LogP contribution in [0.5, 0.6) is 5.75 Å². The molecule has 0 aliphatic carbocycles. The number of nitrogens with one attached hydrogen (secondary N) is 1. The van der Waals surface area contributed by atoms with Gasteiger partial charge in [0, 0.05) is 11.8 Å². The zero-order valence-electron chi connectivity index (χ0n) is 12.8. The third-order valence-corrected chi connectivity index (χ3v) is 3.96. The van der Waals surface area contributed by atoms with Crippen LogP contribution in [0, 0.1) is 0 Å². The fourth-order valence-electron chi connectivity index (χ4n) is 1.96. The van der Waals surface area contributed by atoms with Gasteiger partial charge < -0.3 is 9.47 Å². The van der Waals surface area contributed by atoms with E-state index < -0.39 is 0 Å². The second kappa shape index (κ2) is 8.21. The highest BCUT2D eigenvalue weighted by Crippen LogP contribution is 2.19. The van der Waals surface area contributed by atoms with E-state index >= 15 is 0 Å². The van der Waals surface area contributed by atoms with Crippen molar-refractivity contribution in [2.24, 2.45) is 0 Å².